The second kappa shape index (κ2) is 7.81. The van der Waals surface area contributed by atoms with Crippen LogP contribution >= 0.6 is 0 Å². The first-order valence-electron chi connectivity index (χ1n) is 6.00. The minimum atomic E-state index is 0.0239. The zero-order valence-electron chi connectivity index (χ0n) is 10.4. The SMILES string of the molecule is Nc1ccc(C(=O)CCN(CCO)CCO)cc1. The van der Waals surface area contributed by atoms with Crippen LogP contribution in [0.5, 0.6) is 0 Å². The summed E-state index contributed by atoms with van der Waals surface area (Å²) in [7, 11) is 0. The molecule has 0 atom stereocenters. The third-order valence-electron chi connectivity index (χ3n) is 2.72. The maximum atomic E-state index is 11.9. The van der Waals surface area contributed by atoms with Crippen LogP contribution in [-0.2, 0) is 0 Å². The van der Waals surface area contributed by atoms with Crippen molar-refractivity contribution in [1.82, 2.24) is 4.90 Å². The van der Waals surface area contributed by atoms with E-state index in [-0.39, 0.29) is 19.0 Å². The predicted octanol–water partition coefficient (Wildman–Crippen LogP) is 0.128. The summed E-state index contributed by atoms with van der Waals surface area (Å²) in [6.45, 7) is 1.52. The highest BCUT2D eigenvalue weighted by Crippen LogP contribution is 2.08. The van der Waals surface area contributed by atoms with E-state index in [4.69, 9.17) is 15.9 Å². The summed E-state index contributed by atoms with van der Waals surface area (Å²) < 4.78 is 0. The number of nitrogens with zero attached hydrogens (tertiary/aromatic N) is 1. The molecule has 0 saturated heterocycles. The first-order chi connectivity index (χ1) is 8.67. The van der Waals surface area contributed by atoms with Crippen LogP contribution in [0, 0.1) is 0 Å². The molecule has 1 rings (SSSR count). The van der Waals surface area contributed by atoms with E-state index in [0.717, 1.165) is 0 Å². The van der Waals surface area contributed by atoms with Gasteiger partial charge in [-0.25, -0.2) is 0 Å². The summed E-state index contributed by atoms with van der Waals surface area (Å²) >= 11 is 0. The summed E-state index contributed by atoms with van der Waals surface area (Å²) in [6, 6.07) is 6.82. The first kappa shape index (κ1) is 14.6. The fourth-order valence-corrected chi connectivity index (χ4v) is 1.69. The average molecular weight is 252 g/mol. The normalized spacial score (nSPS) is 10.8. The quantitative estimate of drug-likeness (QED) is 0.452. The monoisotopic (exact) mass is 252 g/mol. The summed E-state index contributed by atoms with van der Waals surface area (Å²) in [5.41, 5.74) is 6.82. The molecule has 0 fully saturated rings. The Kier molecular flexibility index (Phi) is 6.35. The molecule has 18 heavy (non-hydrogen) atoms. The highest BCUT2D eigenvalue weighted by atomic mass is 16.3. The molecule has 0 bridgehead atoms. The maximum Gasteiger partial charge on any atom is 0.164 e. The van der Waals surface area contributed by atoms with Gasteiger partial charge in [0.05, 0.1) is 13.2 Å². The summed E-state index contributed by atoms with van der Waals surface area (Å²) in [5.74, 6) is 0.0379. The molecule has 1 aromatic rings. The molecule has 0 saturated carbocycles. The van der Waals surface area contributed by atoms with Gasteiger partial charge >= 0.3 is 0 Å². The van der Waals surface area contributed by atoms with E-state index < -0.39 is 0 Å². The lowest BCUT2D eigenvalue weighted by atomic mass is 10.1. The Morgan fingerprint density at radius 3 is 2.11 bits per heavy atom. The number of rotatable bonds is 8. The number of carbonyl (C=O) groups is 1. The number of aliphatic hydroxyl groups is 2. The van der Waals surface area contributed by atoms with Gasteiger partial charge in [0.15, 0.2) is 5.78 Å². The fourth-order valence-electron chi connectivity index (χ4n) is 1.69. The molecule has 0 heterocycles. The van der Waals surface area contributed by atoms with Crippen molar-refractivity contribution in [1.29, 1.82) is 0 Å². The van der Waals surface area contributed by atoms with E-state index in [9.17, 15) is 4.79 Å². The minimum absolute atomic E-state index is 0.0239. The average Bonchev–Trinajstić information content (AvgIpc) is 2.37. The molecule has 0 aromatic heterocycles. The van der Waals surface area contributed by atoms with Crippen LogP contribution in [0.3, 0.4) is 0 Å². The molecule has 0 spiro atoms. The van der Waals surface area contributed by atoms with Crippen LogP contribution in [0.2, 0.25) is 0 Å². The van der Waals surface area contributed by atoms with Gasteiger partial charge in [0.25, 0.3) is 0 Å². The largest absolute Gasteiger partial charge is 0.399 e. The van der Waals surface area contributed by atoms with Crippen molar-refractivity contribution >= 4 is 11.5 Å². The molecule has 5 nitrogen and oxygen atoms in total. The topological polar surface area (TPSA) is 86.8 Å². The number of hydrogen-bond acceptors (Lipinski definition) is 5. The summed E-state index contributed by atoms with van der Waals surface area (Å²) in [6.07, 6.45) is 0.365. The van der Waals surface area contributed by atoms with Crippen LogP contribution in [0.25, 0.3) is 0 Å². The van der Waals surface area contributed by atoms with Crippen molar-refractivity contribution in [3.63, 3.8) is 0 Å². The van der Waals surface area contributed by atoms with Crippen LogP contribution in [0.15, 0.2) is 24.3 Å². The minimum Gasteiger partial charge on any atom is -0.399 e. The molecular formula is C13H20N2O3. The standard InChI is InChI=1S/C13H20N2O3/c14-12-3-1-11(2-4-12)13(18)5-6-15(7-9-16)8-10-17/h1-4,16-17H,5-10,14H2. The van der Waals surface area contributed by atoms with Crippen molar-refractivity contribution in [2.45, 2.75) is 6.42 Å². The van der Waals surface area contributed by atoms with E-state index in [1.165, 1.54) is 0 Å². The Labute approximate surface area is 107 Å². The lowest BCUT2D eigenvalue weighted by molar-refractivity contribution is 0.0947. The van der Waals surface area contributed by atoms with Crippen LogP contribution < -0.4 is 5.73 Å². The molecular weight excluding hydrogens is 232 g/mol. The molecule has 1 aromatic carbocycles. The predicted molar refractivity (Wildman–Crippen MR) is 70.4 cm³/mol. The third-order valence-corrected chi connectivity index (χ3v) is 2.72. The van der Waals surface area contributed by atoms with E-state index >= 15 is 0 Å². The third kappa shape index (κ3) is 4.83. The Morgan fingerprint density at radius 1 is 1.06 bits per heavy atom. The number of anilines is 1. The van der Waals surface area contributed by atoms with Crippen LogP contribution in [0.4, 0.5) is 5.69 Å². The number of nitrogen functional groups attached to an aromatic ring is 1. The zero-order valence-corrected chi connectivity index (χ0v) is 10.4. The van der Waals surface area contributed by atoms with Crippen molar-refractivity contribution in [3.8, 4) is 0 Å². The summed E-state index contributed by atoms with van der Waals surface area (Å²) in [5, 5.41) is 17.7. The fraction of sp³-hybridized carbons (Fsp3) is 0.462. The molecule has 0 unspecified atom stereocenters. The smallest absolute Gasteiger partial charge is 0.164 e. The van der Waals surface area contributed by atoms with E-state index in [1.54, 1.807) is 24.3 Å². The Hall–Kier alpha value is -1.43. The van der Waals surface area contributed by atoms with Gasteiger partial charge in [-0.2, -0.15) is 0 Å². The van der Waals surface area contributed by atoms with Gasteiger partial charge < -0.3 is 15.9 Å². The number of hydrogen-bond donors (Lipinski definition) is 3. The van der Waals surface area contributed by atoms with Crippen LogP contribution in [0.1, 0.15) is 16.8 Å². The highest BCUT2D eigenvalue weighted by Gasteiger charge is 2.09. The zero-order chi connectivity index (χ0) is 13.4. The van der Waals surface area contributed by atoms with Gasteiger partial charge in [0.2, 0.25) is 0 Å². The Bertz CT molecular complexity index is 359. The van der Waals surface area contributed by atoms with Crippen molar-refractivity contribution in [2.75, 3.05) is 38.6 Å². The molecule has 0 aliphatic rings. The van der Waals surface area contributed by atoms with Crippen molar-refractivity contribution in [3.05, 3.63) is 29.8 Å². The molecule has 0 radical (unpaired) electrons. The maximum absolute atomic E-state index is 11.9. The van der Waals surface area contributed by atoms with E-state index in [0.29, 0.717) is 37.3 Å². The number of Topliss-reactive ketones (excluding diaryl/α,β-unsaturated/α-hetero) is 1. The molecule has 0 aliphatic heterocycles. The van der Waals surface area contributed by atoms with Gasteiger partial charge in [0, 0.05) is 37.3 Å². The molecule has 0 aliphatic carbocycles. The second-order valence-corrected chi connectivity index (χ2v) is 4.08. The summed E-state index contributed by atoms with van der Waals surface area (Å²) in [4.78, 5) is 13.7. The van der Waals surface area contributed by atoms with Gasteiger partial charge in [-0.05, 0) is 24.3 Å². The van der Waals surface area contributed by atoms with Crippen LogP contribution in [-0.4, -0.2) is 53.7 Å². The number of nitrogens with two attached hydrogens (primary N) is 1. The molecule has 4 N–H and O–H groups in total. The second-order valence-electron chi connectivity index (χ2n) is 4.08. The molecule has 100 valence electrons. The van der Waals surface area contributed by atoms with E-state index in [1.807, 2.05) is 4.90 Å². The van der Waals surface area contributed by atoms with Crippen molar-refractivity contribution < 1.29 is 15.0 Å². The lowest BCUT2D eigenvalue weighted by Crippen LogP contribution is -2.31. The molecule has 5 heteroatoms. The van der Waals surface area contributed by atoms with Crippen molar-refractivity contribution in [2.24, 2.45) is 0 Å². The first-order valence-corrected chi connectivity index (χ1v) is 6.00. The number of ketones is 1. The lowest BCUT2D eigenvalue weighted by Gasteiger charge is -2.19. The molecule has 0 amide bonds. The Morgan fingerprint density at radius 2 is 1.61 bits per heavy atom. The number of carbonyl (C=O) groups excluding carboxylic acids is 1. The number of aliphatic hydroxyl groups excluding tert-OH is 2. The van der Waals surface area contributed by atoms with Gasteiger partial charge in [-0.1, -0.05) is 0 Å². The van der Waals surface area contributed by atoms with E-state index in [2.05, 4.69) is 0 Å². The van der Waals surface area contributed by atoms with Gasteiger partial charge in [-0.15, -0.1) is 0 Å². The van der Waals surface area contributed by atoms with Gasteiger partial charge in [0.1, 0.15) is 0 Å². The highest BCUT2D eigenvalue weighted by molar-refractivity contribution is 5.96. The van der Waals surface area contributed by atoms with Gasteiger partial charge in [-0.3, -0.25) is 9.69 Å². The Balaban J connectivity index is 2.46. The number of benzene rings is 1.